The van der Waals surface area contributed by atoms with E-state index in [1.54, 1.807) is 30.3 Å². The van der Waals surface area contributed by atoms with Crippen LogP contribution < -0.4 is 33.2 Å². The zero-order chi connectivity index (χ0) is 26.4. The van der Waals surface area contributed by atoms with Gasteiger partial charge in [0, 0.05) is 24.5 Å². The van der Waals surface area contributed by atoms with Crippen LogP contribution in [0.4, 0.5) is 0 Å². The van der Waals surface area contributed by atoms with Crippen molar-refractivity contribution in [2.75, 3.05) is 18.1 Å². The molecule has 1 aromatic carbocycles. The first-order valence-electron chi connectivity index (χ1n) is 10.8. The van der Waals surface area contributed by atoms with Crippen LogP contribution in [0, 0.1) is 0 Å². The van der Waals surface area contributed by atoms with Crippen LogP contribution in [0.5, 0.6) is 0 Å². The molecule has 35 heavy (non-hydrogen) atoms. The predicted octanol–water partition coefficient (Wildman–Crippen LogP) is -1.99. The number of amides is 3. The highest BCUT2D eigenvalue weighted by Crippen LogP contribution is 2.06. The first-order chi connectivity index (χ1) is 16.6. The van der Waals surface area contributed by atoms with Crippen molar-refractivity contribution in [3.63, 3.8) is 0 Å². The third-order valence-electron chi connectivity index (χ3n) is 4.82. The van der Waals surface area contributed by atoms with Crippen molar-refractivity contribution in [1.82, 2.24) is 16.0 Å². The fraction of sp³-hybridized carbons (Fsp3) is 0.476. The molecule has 1 aromatic rings. The Morgan fingerprint density at radius 3 is 2.00 bits per heavy atom. The lowest BCUT2D eigenvalue weighted by Gasteiger charge is -2.24. The van der Waals surface area contributed by atoms with Crippen molar-refractivity contribution >= 4 is 54.9 Å². The molecule has 0 fully saturated rings. The Balaban J connectivity index is 2.98. The Morgan fingerprint density at radius 2 is 1.46 bits per heavy atom. The number of aliphatic imine (C=N–C) groups is 1. The molecule has 0 aliphatic rings. The molecule has 0 aliphatic heterocycles. The lowest BCUT2D eigenvalue weighted by molar-refractivity contribution is -0.142. The Labute approximate surface area is 214 Å². The van der Waals surface area contributed by atoms with Gasteiger partial charge in [0.1, 0.15) is 18.1 Å². The molecule has 0 radical (unpaired) electrons. The van der Waals surface area contributed by atoms with E-state index in [0.29, 0.717) is 6.42 Å². The van der Waals surface area contributed by atoms with Crippen molar-refractivity contribution in [2.45, 2.75) is 43.4 Å². The minimum Gasteiger partial charge on any atom is -0.480 e. The van der Waals surface area contributed by atoms with Crippen LogP contribution in [0.15, 0.2) is 35.3 Å². The zero-order valence-electron chi connectivity index (χ0n) is 19.1. The van der Waals surface area contributed by atoms with E-state index in [4.69, 9.17) is 17.2 Å². The summed E-state index contributed by atoms with van der Waals surface area (Å²) in [7, 11) is 0. The van der Waals surface area contributed by atoms with Crippen LogP contribution in [0.1, 0.15) is 18.4 Å². The summed E-state index contributed by atoms with van der Waals surface area (Å²) in [5.41, 5.74) is 16.9. The highest BCUT2D eigenvalue weighted by Gasteiger charge is 2.29. The molecule has 1 rings (SSSR count). The number of nitrogens with zero attached hydrogens (tertiary/aromatic N) is 1. The van der Waals surface area contributed by atoms with E-state index < -0.39 is 47.9 Å². The second-order valence-electron chi connectivity index (χ2n) is 7.63. The van der Waals surface area contributed by atoms with Gasteiger partial charge in [-0.2, -0.15) is 25.3 Å². The van der Waals surface area contributed by atoms with E-state index in [-0.39, 0.29) is 36.9 Å². The number of carbonyl (C=O) groups excluding carboxylic acids is 3. The van der Waals surface area contributed by atoms with Gasteiger partial charge in [0.2, 0.25) is 17.7 Å². The van der Waals surface area contributed by atoms with Crippen LogP contribution in [-0.2, 0) is 25.6 Å². The molecule has 0 bridgehead atoms. The minimum absolute atomic E-state index is 0.0565. The van der Waals surface area contributed by atoms with E-state index in [1.807, 2.05) is 0 Å². The summed E-state index contributed by atoms with van der Waals surface area (Å²) in [6.45, 7) is 0.198. The van der Waals surface area contributed by atoms with Gasteiger partial charge in [-0.15, -0.1) is 0 Å². The number of benzene rings is 1. The number of thiol groups is 2. The van der Waals surface area contributed by atoms with Crippen LogP contribution in [0.2, 0.25) is 0 Å². The highest BCUT2D eigenvalue weighted by atomic mass is 32.1. The smallest absolute Gasteiger partial charge is 0.326 e. The largest absolute Gasteiger partial charge is 0.480 e. The maximum absolute atomic E-state index is 13.0. The second-order valence-corrected chi connectivity index (χ2v) is 8.36. The van der Waals surface area contributed by atoms with Crippen LogP contribution in [-0.4, -0.2) is 77.0 Å². The van der Waals surface area contributed by atoms with Gasteiger partial charge in [-0.1, -0.05) is 30.3 Å². The maximum atomic E-state index is 13.0. The normalized spacial score (nSPS) is 14.0. The molecule has 12 nitrogen and oxygen atoms in total. The molecule has 4 atom stereocenters. The lowest BCUT2D eigenvalue weighted by atomic mass is 10.0. The van der Waals surface area contributed by atoms with Crippen LogP contribution in [0.3, 0.4) is 0 Å². The third-order valence-corrected chi connectivity index (χ3v) is 5.58. The fourth-order valence-electron chi connectivity index (χ4n) is 2.92. The highest BCUT2D eigenvalue weighted by molar-refractivity contribution is 7.80. The average Bonchev–Trinajstić information content (AvgIpc) is 2.83. The Kier molecular flexibility index (Phi) is 13.6. The van der Waals surface area contributed by atoms with Gasteiger partial charge in [-0.25, -0.2) is 4.79 Å². The number of hydrogen-bond acceptors (Lipinski definition) is 8. The summed E-state index contributed by atoms with van der Waals surface area (Å²) >= 11 is 8.06. The monoisotopic (exact) mass is 527 g/mol. The van der Waals surface area contributed by atoms with Crippen molar-refractivity contribution < 1.29 is 24.3 Å². The minimum atomic E-state index is -1.24. The van der Waals surface area contributed by atoms with Crippen molar-refractivity contribution in [2.24, 2.45) is 22.2 Å². The zero-order valence-corrected chi connectivity index (χ0v) is 20.9. The van der Waals surface area contributed by atoms with Gasteiger partial charge in [0.15, 0.2) is 5.96 Å². The first-order valence-corrected chi connectivity index (χ1v) is 12.1. The molecule has 194 valence electrons. The van der Waals surface area contributed by atoms with E-state index in [1.165, 1.54) is 0 Å². The van der Waals surface area contributed by atoms with Crippen molar-refractivity contribution in [1.29, 1.82) is 0 Å². The SMILES string of the molecule is NC(N)=NCCCC(NC(=O)C(Cc1ccccc1)NC(=O)C(CS)NC(=O)C(N)CS)C(=O)O. The number of nitrogens with two attached hydrogens (primary N) is 3. The number of carboxylic acids is 1. The number of rotatable bonds is 15. The van der Waals surface area contributed by atoms with Crippen molar-refractivity contribution in [3.8, 4) is 0 Å². The second kappa shape index (κ2) is 15.8. The van der Waals surface area contributed by atoms with Gasteiger partial charge in [-0.3, -0.25) is 19.4 Å². The molecular formula is C21H33N7O5S2. The molecule has 0 aromatic heterocycles. The maximum Gasteiger partial charge on any atom is 0.326 e. The van der Waals surface area contributed by atoms with E-state index in [9.17, 15) is 24.3 Å². The van der Waals surface area contributed by atoms with Gasteiger partial charge in [-0.05, 0) is 18.4 Å². The number of nitrogens with one attached hydrogen (secondary N) is 3. The van der Waals surface area contributed by atoms with E-state index in [2.05, 4.69) is 46.2 Å². The quantitative estimate of drug-likeness (QED) is 0.0537. The summed E-state index contributed by atoms with van der Waals surface area (Å²) in [5.74, 6) is -3.31. The molecule has 0 heterocycles. The summed E-state index contributed by atoms with van der Waals surface area (Å²) in [6, 6.07) is 4.52. The molecule has 10 N–H and O–H groups in total. The molecule has 14 heteroatoms. The average molecular weight is 528 g/mol. The lowest BCUT2D eigenvalue weighted by Crippen LogP contribution is -2.58. The van der Waals surface area contributed by atoms with Gasteiger partial charge in [0.25, 0.3) is 0 Å². The molecule has 0 aliphatic carbocycles. The van der Waals surface area contributed by atoms with E-state index >= 15 is 0 Å². The fourth-order valence-corrected chi connectivity index (χ4v) is 3.34. The number of carboxylic acid groups (broad SMARTS) is 1. The molecule has 3 amide bonds. The number of carbonyl (C=O) groups is 4. The number of aliphatic carboxylic acids is 1. The third kappa shape index (κ3) is 11.3. The molecule has 0 saturated carbocycles. The number of hydrogen-bond donors (Lipinski definition) is 9. The molecular weight excluding hydrogens is 494 g/mol. The van der Waals surface area contributed by atoms with Gasteiger partial charge in [0.05, 0.1) is 6.04 Å². The topological polar surface area (TPSA) is 215 Å². The standard InChI is InChI=1S/C21H33N7O5S2/c22-13(10-34)17(29)28-16(11-35)19(31)27-15(9-12-5-2-1-3-6-12)18(30)26-14(20(32)33)7-4-8-25-21(23)24/h1-3,5-6,13-16,34-35H,4,7-11,22H2,(H,26,30)(H,27,31)(H,28,29)(H,32,33)(H4,23,24,25). The van der Waals surface area contributed by atoms with Gasteiger partial charge < -0.3 is 38.3 Å². The predicted molar refractivity (Wildman–Crippen MR) is 139 cm³/mol. The first kappa shape index (κ1) is 30.1. The number of guanidine groups is 1. The Hall–Kier alpha value is -2.97. The summed E-state index contributed by atoms with van der Waals surface area (Å²) in [4.78, 5) is 53.4. The summed E-state index contributed by atoms with van der Waals surface area (Å²) < 4.78 is 0. The van der Waals surface area contributed by atoms with Crippen LogP contribution >= 0.6 is 25.3 Å². The van der Waals surface area contributed by atoms with Crippen LogP contribution in [0.25, 0.3) is 0 Å². The summed E-state index contributed by atoms with van der Waals surface area (Å²) in [5, 5.41) is 17.0. The Bertz CT molecular complexity index is 884. The molecule has 0 saturated heterocycles. The Morgan fingerprint density at radius 1 is 0.886 bits per heavy atom. The van der Waals surface area contributed by atoms with E-state index in [0.717, 1.165) is 5.56 Å². The van der Waals surface area contributed by atoms with Crippen molar-refractivity contribution in [3.05, 3.63) is 35.9 Å². The van der Waals surface area contributed by atoms with Gasteiger partial charge >= 0.3 is 5.97 Å². The molecule has 0 spiro atoms. The summed E-state index contributed by atoms with van der Waals surface area (Å²) in [6.07, 6.45) is 0.465. The molecule has 4 unspecified atom stereocenters.